The van der Waals surface area contributed by atoms with Gasteiger partial charge < -0.3 is 5.32 Å². The summed E-state index contributed by atoms with van der Waals surface area (Å²) in [6.45, 7) is 2.21. The van der Waals surface area contributed by atoms with Crippen LogP contribution in [0, 0.1) is 5.41 Å². The van der Waals surface area contributed by atoms with Gasteiger partial charge in [-0.05, 0) is 24.5 Å². The van der Waals surface area contributed by atoms with Crippen molar-refractivity contribution in [2.24, 2.45) is 0 Å². The molecular formula is C23H26N4O. The Morgan fingerprint density at radius 1 is 1.07 bits per heavy atom. The number of nitrogens with zero attached hydrogens (tertiary/aromatic N) is 1. The van der Waals surface area contributed by atoms with Crippen LogP contribution in [0.2, 0.25) is 0 Å². The maximum Gasteiger partial charge on any atom is 0.213 e. The van der Waals surface area contributed by atoms with Crippen LogP contribution >= 0.6 is 0 Å². The molecule has 0 saturated carbocycles. The van der Waals surface area contributed by atoms with Gasteiger partial charge in [0.15, 0.2) is 5.96 Å². The number of anilines is 1. The zero-order valence-electron chi connectivity index (χ0n) is 16.2. The van der Waals surface area contributed by atoms with Gasteiger partial charge in [-0.3, -0.25) is 15.5 Å². The van der Waals surface area contributed by atoms with Gasteiger partial charge in [-0.1, -0.05) is 74.7 Å². The number of carbonyl (C=O) groups excluding carboxylic acids is 1. The van der Waals surface area contributed by atoms with E-state index in [4.69, 9.17) is 10.4 Å². The van der Waals surface area contributed by atoms with E-state index in [1.165, 1.54) is 24.8 Å². The summed E-state index contributed by atoms with van der Waals surface area (Å²) in [6.07, 6.45) is 6.28. The van der Waals surface area contributed by atoms with Gasteiger partial charge in [0.25, 0.3) is 0 Å². The molecule has 3 aromatic rings. The number of amides is 1. The number of benzene rings is 2. The third-order valence-electron chi connectivity index (χ3n) is 4.76. The second-order valence-electron chi connectivity index (χ2n) is 6.81. The third-order valence-corrected chi connectivity index (χ3v) is 4.76. The fourth-order valence-electron chi connectivity index (χ4n) is 3.34. The van der Waals surface area contributed by atoms with Crippen molar-refractivity contribution in [2.75, 3.05) is 5.32 Å². The molecule has 0 unspecified atom stereocenters. The van der Waals surface area contributed by atoms with Crippen LogP contribution in [0.25, 0.3) is 22.2 Å². The standard InChI is InChI=1S/C23H26N4O/c1-2-3-4-6-12-18-13-9-14-19-21(27-23(24)25-16-28)15-20(26-22(18)19)17-10-7-5-8-11-17/h5,7-11,13-16H,2-4,6,12H2,1H3,(H3,24,25,26,27,28). The fourth-order valence-corrected chi connectivity index (χ4v) is 3.34. The molecule has 0 saturated heterocycles. The summed E-state index contributed by atoms with van der Waals surface area (Å²) in [7, 11) is 0. The predicted molar refractivity (Wildman–Crippen MR) is 116 cm³/mol. The highest BCUT2D eigenvalue weighted by Crippen LogP contribution is 2.30. The van der Waals surface area contributed by atoms with Crippen molar-refractivity contribution >= 4 is 29.0 Å². The smallest absolute Gasteiger partial charge is 0.213 e. The number of guanidine groups is 1. The lowest BCUT2D eigenvalue weighted by atomic mass is 10.0. The summed E-state index contributed by atoms with van der Waals surface area (Å²) in [4.78, 5) is 15.6. The van der Waals surface area contributed by atoms with E-state index in [2.05, 4.69) is 23.6 Å². The number of nitrogens with one attached hydrogen (secondary N) is 3. The second kappa shape index (κ2) is 9.65. The highest BCUT2D eigenvalue weighted by Gasteiger charge is 2.12. The van der Waals surface area contributed by atoms with Crippen LogP contribution in [0.4, 0.5) is 5.69 Å². The minimum atomic E-state index is -0.0603. The van der Waals surface area contributed by atoms with Crippen molar-refractivity contribution in [1.29, 1.82) is 5.41 Å². The Hall–Kier alpha value is -3.21. The minimum absolute atomic E-state index is 0.0603. The number of hydrogen-bond donors (Lipinski definition) is 3. The first-order valence-corrected chi connectivity index (χ1v) is 9.76. The molecule has 0 aliphatic carbocycles. The van der Waals surface area contributed by atoms with Gasteiger partial charge in [0, 0.05) is 10.9 Å². The lowest BCUT2D eigenvalue weighted by molar-refractivity contribution is -0.108. The van der Waals surface area contributed by atoms with E-state index < -0.39 is 0 Å². The minimum Gasteiger partial charge on any atom is -0.325 e. The van der Waals surface area contributed by atoms with Gasteiger partial charge in [0.1, 0.15) is 0 Å². The SMILES string of the molecule is CCCCCCc1cccc2c(NC(=N)NC=O)cc(-c3ccccc3)nc12. The molecule has 5 heteroatoms. The monoisotopic (exact) mass is 374 g/mol. The molecule has 1 aromatic heterocycles. The molecule has 3 rings (SSSR count). The lowest BCUT2D eigenvalue weighted by Gasteiger charge is -2.14. The highest BCUT2D eigenvalue weighted by atomic mass is 16.1. The molecule has 5 nitrogen and oxygen atoms in total. The van der Waals surface area contributed by atoms with Crippen molar-refractivity contribution in [2.45, 2.75) is 39.0 Å². The van der Waals surface area contributed by atoms with E-state index in [0.717, 1.165) is 40.7 Å². The van der Waals surface area contributed by atoms with E-state index in [-0.39, 0.29) is 5.96 Å². The van der Waals surface area contributed by atoms with Crippen LogP contribution in [-0.2, 0) is 11.2 Å². The zero-order valence-corrected chi connectivity index (χ0v) is 16.2. The molecule has 28 heavy (non-hydrogen) atoms. The quantitative estimate of drug-likeness (QED) is 0.222. The summed E-state index contributed by atoms with van der Waals surface area (Å²) < 4.78 is 0. The van der Waals surface area contributed by atoms with Crippen LogP contribution in [-0.4, -0.2) is 17.4 Å². The maximum atomic E-state index is 10.7. The molecule has 2 aromatic carbocycles. The Kier molecular flexibility index (Phi) is 6.73. The number of unbranched alkanes of at least 4 members (excludes halogenated alkanes) is 3. The molecular weight excluding hydrogens is 348 g/mol. The average Bonchev–Trinajstić information content (AvgIpc) is 2.72. The van der Waals surface area contributed by atoms with Gasteiger partial charge in [-0.25, -0.2) is 4.98 Å². The third kappa shape index (κ3) is 4.74. The van der Waals surface area contributed by atoms with Crippen molar-refractivity contribution in [1.82, 2.24) is 10.3 Å². The molecule has 0 fully saturated rings. The lowest BCUT2D eigenvalue weighted by Crippen LogP contribution is -2.28. The first-order valence-electron chi connectivity index (χ1n) is 9.76. The number of pyridine rings is 1. The molecule has 0 radical (unpaired) electrons. The topological polar surface area (TPSA) is 77.9 Å². The fraction of sp³-hybridized carbons (Fsp3) is 0.261. The Bertz CT molecular complexity index is 953. The van der Waals surface area contributed by atoms with E-state index in [0.29, 0.717) is 6.41 Å². The average molecular weight is 374 g/mol. The molecule has 144 valence electrons. The first-order chi connectivity index (χ1) is 13.7. The van der Waals surface area contributed by atoms with Gasteiger partial charge in [0.2, 0.25) is 6.41 Å². The molecule has 0 spiro atoms. The molecule has 1 amide bonds. The number of aromatic nitrogens is 1. The number of hydrogen-bond acceptors (Lipinski definition) is 3. The van der Waals surface area contributed by atoms with Crippen molar-refractivity contribution in [3.8, 4) is 11.3 Å². The van der Waals surface area contributed by atoms with Crippen molar-refractivity contribution in [3.63, 3.8) is 0 Å². The van der Waals surface area contributed by atoms with Crippen LogP contribution in [0.5, 0.6) is 0 Å². The molecule has 1 heterocycles. The van der Waals surface area contributed by atoms with Crippen LogP contribution in [0.1, 0.15) is 38.2 Å². The maximum absolute atomic E-state index is 10.7. The largest absolute Gasteiger partial charge is 0.325 e. The zero-order chi connectivity index (χ0) is 19.8. The highest BCUT2D eigenvalue weighted by molar-refractivity contribution is 6.05. The molecule has 0 aliphatic rings. The summed E-state index contributed by atoms with van der Waals surface area (Å²) in [5, 5.41) is 14.2. The number of carbonyl (C=O) groups is 1. The van der Waals surface area contributed by atoms with Gasteiger partial charge in [0.05, 0.1) is 16.9 Å². The number of aryl methyl sites for hydroxylation is 1. The predicted octanol–water partition coefficient (Wildman–Crippen LogP) is 5.12. The van der Waals surface area contributed by atoms with Gasteiger partial charge >= 0.3 is 0 Å². The Morgan fingerprint density at radius 3 is 2.64 bits per heavy atom. The van der Waals surface area contributed by atoms with Crippen LogP contribution < -0.4 is 10.6 Å². The van der Waals surface area contributed by atoms with Gasteiger partial charge in [-0.15, -0.1) is 0 Å². The molecule has 0 bridgehead atoms. The Balaban J connectivity index is 2.06. The number of para-hydroxylation sites is 1. The van der Waals surface area contributed by atoms with E-state index in [9.17, 15) is 4.79 Å². The van der Waals surface area contributed by atoms with Crippen molar-refractivity contribution < 1.29 is 4.79 Å². The number of rotatable bonds is 8. The molecule has 0 aliphatic heterocycles. The summed E-state index contributed by atoms with van der Waals surface area (Å²) >= 11 is 0. The second-order valence-corrected chi connectivity index (χ2v) is 6.81. The van der Waals surface area contributed by atoms with E-state index >= 15 is 0 Å². The number of fused-ring (bicyclic) bond motifs is 1. The first kappa shape index (κ1) is 19.5. The van der Waals surface area contributed by atoms with Gasteiger partial charge in [-0.2, -0.15) is 0 Å². The van der Waals surface area contributed by atoms with E-state index in [1.54, 1.807) is 0 Å². The summed E-state index contributed by atoms with van der Waals surface area (Å²) in [6, 6.07) is 18.1. The Labute approximate surface area is 165 Å². The molecule has 3 N–H and O–H groups in total. The summed E-state index contributed by atoms with van der Waals surface area (Å²) in [5.74, 6) is -0.0603. The van der Waals surface area contributed by atoms with E-state index in [1.807, 2.05) is 48.5 Å². The van der Waals surface area contributed by atoms with Crippen molar-refractivity contribution in [3.05, 3.63) is 60.2 Å². The molecule has 0 atom stereocenters. The summed E-state index contributed by atoms with van der Waals surface area (Å²) in [5.41, 5.74) is 4.78. The normalized spacial score (nSPS) is 10.6. The van der Waals surface area contributed by atoms with Crippen LogP contribution in [0.15, 0.2) is 54.6 Å². The van der Waals surface area contributed by atoms with Crippen LogP contribution in [0.3, 0.4) is 0 Å². The Morgan fingerprint density at radius 2 is 1.89 bits per heavy atom.